The Balaban J connectivity index is 2.97. The number of rotatable bonds is 4. The minimum absolute atomic E-state index is 0.118. The highest BCUT2D eigenvalue weighted by Gasteiger charge is 2.35. The molecule has 0 saturated heterocycles. The minimum atomic E-state index is -1.09. The third-order valence-electron chi connectivity index (χ3n) is 3.23. The summed E-state index contributed by atoms with van der Waals surface area (Å²) in [4.78, 5) is 12.1. The molecule has 96 valence electrons. The van der Waals surface area contributed by atoms with Crippen LogP contribution < -0.4 is 5.32 Å². The molecule has 3 nitrogen and oxygen atoms in total. The van der Waals surface area contributed by atoms with E-state index >= 15 is 0 Å². The quantitative estimate of drug-likeness (QED) is 0.887. The van der Waals surface area contributed by atoms with Crippen molar-refractivity contribution in [2.75, 3.05) is 5.32 Å². The van der Waals surface area contributed by atoms with Gasteiger partial charge in [0.15, 0.2) is 0 Å². The maximum absolute atomic E-state index is 13.6. The molecule has 0 atom stereocenters. The van der Waals surface area contributed by atoms with Crippen LogP contribution in [0.4, 0.5) is 10.1 Å². The smallest absolute Gasteiger partial charge is 0.244 e. The lowest BCUT2D eigenvalue weighted by Gasteiger charge is -2.22. The molecule has 0 heterocycles. The average molecular weight is 248 g/mol. The lowest BCUT2D eigenvalue weighted by molar-refractivity contribution is -0.123. The van der Waals surface area contributed by atoms with Crippen LogP contribution >= 0.6 is 0 Å². The fourth-order valence-corrected chi connectivity index (χ4v) is 1.74. The van der Waals surface area contributed by atoms with E-state index in [9.17, 15) is 9.18 Å². The van der Waals surface area contributed by atoms with Crippen molar-refractivity contribution in [3.05, 3.63) is 29.6 Å². The fourth-order valence-electron chi connectivity index (χ4n) is 1.74. The molecule has 0 fully saturated rings. The third-order valence-corrected chi connectivity index (χ3v) is 3.23. The molecule has 0 bridgehead atoms. The van der Waals surface area contributed by atoms with Gasteiger partial charge in [-0.1, -0.05) is 19.9 Å². The van der Waals surface area contributed by atoms with Crippen LogP contribution in [0, 0.1) is 29.5 Å². The molecule has 1 N–H and O–H groups in total. The summed E-state index contributed by atoms with van der Waals surface area (Å²) >= 11 is 0. The van der Waals surface area contributed by atoms with Crippen molar-refractivity contribution >= 4 is 11.6 Å². The van der Waals surface area contributed by atoms with Crippen LogP contribution in [0.5, 0.6) is 0 Å². The second-order valence-electron chi connectivity index (χ2n) is 4.34. The second kappa shape index (κ2) is 5.63. The lowest BCUT2D eigenvalue weighted by atomic mass is 9.83. The van der Waals surface area contributed by atoms with E-state index in [4.69, 9.17) is 5.26 Å². The van der Waals surface area contributed by atoms with Gasteiger partial charge < -0.3 is 5.32 Å². The Morgan fingerprint density at radius 2 is 2.06 bits per heavy atom. The van der Waals surface area contributed by atoms with E-state index in [1.807, 2.05) is 6.07 Å². The number of anilines is 1. The van der Waals surface area contributed by atoms with Crippen molar-refractivity contribution in [2.45, 2.75) is 33.6 Å². The number of hydrogen-bond donors (Lipinski definition) is 1. The summed E-state index contributed by atoms with van der Waals surface area (Å²) in [5.41, 5.74) is -0.188. The van der Waals surface area contributed by atoms with E-state index in [0.29, 0.717) is 12.8 Å². The number of carbonyl (C=O) groups is 1. The molecule has 1 rings (SSSR count). The van der Waals surface area contributed by atoms with E-state index in [0.717, 1.165) is 5.56 Å². The summed E-state index contributed by atoms with van der Waals surface area (Å²) in [6.07, 6.45) is 0.804. The van der Waals surface area contributed by atoms with Crippen LogP contribution in [0.2, 0.25) is 0 Å². The highest BCUT2D eigenvalue weighted by Crippen LogP contribution is 2.28. The first-order chi connectivity index (χ1) is 8.49. The van der Waals surface area contributed by atoms with Gasteiger partial charge in [0, 0.05) is 0 Å². The molecule has 0 aliphatic heterocycles. The van der Waals surface area contributed by atoms with Gasteiger partial charge in [0.1, 0.15) is 11.2 Å². The Morgan fingerprint density at radius 3 is 2.50 bits per heavy atom. The van der Waals surface area contributed by atoms with Crippen LogP contribution in [0.25, 0.3) is 0 Å². The van der Waals surface area contributed by atoms with E-state index in [2.05, 4.69) is 5.32 Å². The maximum Gasteiger partial charge on any atom is 0.244 e. The lowest BCUT2D eigenvalue weighted by Crippen LogP contribution is -2.34. The molecular formula is C14H17FN2O. The molecule has 0 aliphatic rings. The van der Waals surface area contributed by atoms with E-state index < -0.39 is 17.1 Å². The van der Waals surface area contributed by atoms with Crippen LogP contribution in [0.15, 0.2) is 18.2 Å². The molecular weight excluding hydrogens is 231 g/mol. The van der Waals surface area contributed by atoms with Crippen LogP contribution in [0.3, 0.4) is 0 Å². The molecule has 0 radical (unpaired) electrons. The average Bonchev–Trinajstić information content (AvgIpc) is 2.36. The van der Waals surface area contributed by atoms with Gasteiger partial charge in [-0.05, 0) is 37.5 Å². The van der Waals surface area contributed by atoms with Crippen molar-refractivity contribution in [1.82, 2.24) is 0 Å². The van der Waals surface area contributed by atoms with Crippen molar-refractivity contribution in [3.8, 4) is 6.07 Å². The van der Waals surface area contributed by atoms with Crippen molar-refractivity contribution in [3.63, 3.8) is 0 Å². The molecule has 0 aliphatic carbocycles. The highest BCUT2D eigenvalue weighted by atomic mass is 19.1. The van der Waals surface area contributed by atoms with Crippen molar-refractivity contribution in [2.24, 2.45) is 5.41 Å². The molecule has 0 spiro atoms. The van der Waals surface area contributed by atoms with Gasteiger partial charge in [-0.2, -0.15) is 5.26 Å². The van der Waals surface area contributed by atoms with Crippen LogP contribution in [-0.2, 0) is 4.79 Å². The number of benzene rings is 1. The summed E-state index contributed by atoms with van der Waals surface area (Å²) in [7, 11) is 0. The number of aryl methyl sites for hydroxylation is 1. The summed E-state index contributed by atoms with van der Waals surface area (Å²) in [6, 6.07) is 6.60. The summed E-state index contributed by atoms with van der Waals surface area (Å²) < 4.78 is 13.6. The molecule has 18 heavy (non-hydrogen) atoms. The number of nitriles is 1. The summed E-state index contributed by atoms with van der Waals surface area (Å²) in [5.74, 6) is -0.930. The Kier molecular flexibility index (Phi) is 4.43. The van der Waals surface area contributed by atoms with Gasteiger partial charge in [0.2, 0.25) is 5.91 Å². The Bertz CT molecular complexity index is 487. The largest absolute Gasteiger partial charge is 0.322 e. The SMILES string of the molecule is CCC(C#N)(CC)C(=O)Nc1ccc(C)cc1F. The summed E-state index contributed by atoms with van der Waals surface area (Å²) in [6.45, 7) is 5.32. The normalized spacial score (nSPS) is 10.8. The molecule has 0 aromatic heterocycles. The Hall–Kier alpha value is -1.89. The number of halogens is 1. The first-order valence-electron chi connectivity index (χ1n) is 5.98. The highest BCUT2D eigenvalue weighted by molar-refractivity contribution is 5.97. The standard InChI is InChI=1S/C14H17FN2O/c1-4-14(5-2,9-16)13(18)17-12-7-6-10(3)8-11(12)15/h6-8H,4-5H2,1-3H3,(H,17,18). The van der Waals surface area contributed by atoms with Gasteiger partial charge in [-0.15, -0.1) is 0 Å². The molecule has 0 saturated carbocycles. The van der Waals surface area contributed by atoms with E-state index in [-0.39, 0.29) is 5.69 Å². The molecule has 1 aromatic rings. The van der Waals surface area contributed by atoms with Gasteiger partial charge in [0.25, 0.3) is 0 Å². The Labute approximate surface area is 107 Å². The number of nitrogens with one attached hydrogen (secondary N) is 1. The number of nitrogens with zero attached hydrogens (tertiary/aromatic N) is 1. The summed E-state index contributed by atoms with van der Waals surface area (Å²) in [5, 5.41) is 11.6. The van der Waals surface area contributed by atoms with Crippen LogP contribution in [0.1, 0.15) is 32.3 Å². The third kappa shape index (κ3) is 2.67. The number of hydrogen-bond acceptors (Lipinski definition) is 2. The second-order valence-corrected chi connectivity index (χ2v) is 4.34. The number of carbonyl (C=O) groups excluding carboxylic acids is 1. The monoisotopic (exact) mass is 248 g/mol. The molecule has 0 unspecified atom stereocenters. The molecule has 1 aromatic carbocycles. The zero-order valence-electron chi connectivity index (χ0n) is 10.9. The van der Waals surface area contributed by atoms with E-state index in [1.165, 1.54) is 12.1 Å². The van der Waals surface area contributed by atoms with Crippen LogP contribution in [-0.4, -0.2) is 5.91 Å². The van der Waals surface area contributed by atoms with Crippen molar-refractivity contribution < 1.29 is 9.18 Å². The topological polar surface area (TPSA) is 52.9 Å². The van der Waals surface area contributed by atoms with E-state index in [1.54, 1.807) is 26.8 Å². The van der Waals surface area contributed by atoms with Gasteiger partial charge in [-0.3, -0.25) is 4.79 Å². The molecule has 4 heteroatoms. The minimum Gasteiger partial charge on any atom is -0.322 e. The number of amides is 1. The van der Waals surface area contributed by atoms with Gasteiger partial charge in [0.05, 0.1) is 11.8 Å². The maximum atomic E-state index is 13.6. The fraction of sp³-hybridized carbons (Fsp3) is 0.429. The first-order valence-corrected chi connectivity index (χ1v) is 5.98. The zero-order chi connectivity index (χ0) is 13.8. The Morgan fingerprint density at radius 1 is 1.44 bits per heavy atom. The van der Waals surface area contributed by atoms with Crippen molar-refractivity contribution in [1.29, 1.82) is 5.26 Å². The van der Waals surface area contributed by atoms with Gasteiger partial charge in [-0.25, -0.2) is 4.39 Å². The first kappa shape index (κ1) is 14.2. The van der Waals surface area contributed by atoms with Gasteiger partial charge >= 0.3 is 0 Å². The predicted octanol–water partition coefficient (Wildman–Crippen LogP) is 3.40. The molecule has 1 amide bonds. The zero-order valence-corrected chi connectivity index (χ0v) is 10.9. The predicted molar refractivity (Wildman–Crippen MR) is 68.4 cm³/mol.